The van der Waals surface area contributed by atoms with E-state index in [1.807, 2.05) is 6.07 Å². The molecule has 0 amide bonds. The summed E-state index contributed by atoms with van der Waals surface area (Å²) in [5.74, 6) is -1.12. The molecule has 2 heterocycles. The summed E-state index contributed by atoms with van der Waals surface area (Å²) in [6.07, 6.45) is 5.00. The number of H-pyrrole nitrogens is 1. The number of sulfone groups is 1. The fraction of sp³-hybridized carbons (Fsp3) is 0.188. The first-order valence-electron chi connectivity index (χ1n) is 7.60. The van der Waals surface area contributed by atoms with Crippen molar-refractivity contribution in [1.82, 2.24) is 20.0 Å². The van der Waals surface area contributed by atoms with Crippen LogP contribution in [0.5, 0.6) is 0 Å². The van der Waals surface area contributed by atoms with E-state index >= 15 is 0 Å². The molecule has 0 saturated carbocycles. The summed E-state index contributed by atoms with van der Waals surface area (Å²) in [4.78, 5) is 11.4. The monoisotopic (exact) mass is 377 g/mol. The number of nitrogens with one attached hydrogen (secondary N) is 1. The second-order valence-electron chi connectivity index (χ2n) is 5.31. The van der Waals surface area contributed by atoms with Crippen LogP contribution in [0.2, 0.25) is 0 Å². The lowest BCUT2D eigenvalue weighted by Gasteiger charge is -2.05. The first kappa shape index (κ1) is 19.2. The molecule has 0 aliphatic heterocycles. The molecule has 0 unspecified atom stereocenters. The Kier molecular flexibility index (Phi) is 5.78. The maximum atomic E-state index is 11.4. The third kappa shape index (κ3) is 4.28. The van der Waals surface area contributed by atoms with Gasteiger partial charge in [-0.3, -0.25) is 5.10 Å². The standard InChI is InChI=1S/C13H15N3O4S.C3H4N2/c1-3-10-11(13(17)18)12(14)16(15-10)8-4-6-9(7-5-8)21(2,19)20;1-2-4-5-3-1/h4-7H,3,14H2,1-2H3,(H,17,18);1-3H,(H,4,5). The number of nitrogens with zero attached hydrogens (tertiary/aromatic N) is 3. The third-order valence-electron chi connectivity index (χ3n) is 3.46. The highest BCUT2D eigenvalue weighted by molar-refractivity contribution is 7.90. The van der Waals surface area contributed by atoms with E-state index in [-0.39, 0.29) is 16.3 Å². The molecular formula is C16H19N5O4S. The molecule has 9 nitrogen and oxygen atoms in total. The van der Waals surface area contributed by atoms with Crippen molar-refractivity contribution in [2.45, 2.75) is 18.2 Å². The van der Waals surface area contributed by atoms with Crippen molar-refractivity contribution in [3.63, 3.8) is 0 Å². The molecule has 0 spiro atoms. The Hall–Kier alpha value is -3.14. The van der Waals surface area contributed by atoms with E-state index in [1.165, 1.54) is 28.9 Å². The van der Waals surface area contributed by atoms with Crippen LogP contribution in [-0.2, 0) is 16.3 Å². The maximum absolute atomic E-state index is 11.4. The van der Waals surface area contributed by atoms with Crippen LogP contribution in [-0.4, -0.2) is 45.7 Å². The van der Waals surface area contributed by atoms with Gasteiger partial charge in [0.05, 0.1) is 16.3 Å². The lowest BCUT2D eigenvalue weighted by Crippen LogP contribution is -2.06. The van der Waals surface area contributed by atoms with Gasteiger partial charge in [-0.15, -0.1) is 0 Å². The average Bonchev–Trinajstić information content (AvgIpc) is 3.25. The van der Waals surface area contributed by atoms with Gasteiger partial charge in [-0.1, -0.05) is 6.92 Å². The summed E-state index contributed by atoms with van der Waals surface area (Å²) in [5, 5.41) is 19.6. The molecule has 4 N–H and O–H groups in total. The Morgan fingerprint density at radius 1 is 1.31 bits per heavy atom. The van der Waals surface area contributed by atoms with Crippen LogP contribution in [0.4, 0.5) is 5.82 Å². The molecule has 0 bridgehead atoms. The lowest BCUT2D eigenvalue weighted by molar-refractivity contribution is 0.0697. The summed E-state index contributed by atoms with van der Waals surface area (Å²) in [5.41, 5.74) is 6.70. The predicted molar refractivity (Wildman–Crippen MR) is 96.0 cm³/mol. The molecule has 0 aliphatic rings. The summed E-state index contributed by atoms with van der Waals surface area (Å²) in [7, 11) is -3.29. The van der Waals surface area contributed by atoms with Crippen molar-refractivity contribution >= 4 is 21.6 Å². The van der Waals surface area contributed by atoms with Crippen molar-refractivity contribution < 1.29 is 18.3 Å². The van der Waals surface area contributed by atoms with E-state index in [1.54, 1.807) is 19.3 Å². The van der Waals surface area contributed by atoms with E-state index in [0.717, 1.165) is 6.26 Å². The summed E-state index contributed by atoms with van der Waals surface area (Å²) in [6.45, 7) is 1.78. The van der Waals surface area contributed by atoms with Crippen LogP contribution in [0.3, 0.4) is 0 Å². The molecule has 0 saturated heterocycles. The summed E-state index contributed by atoms with van der Waals surface area (Å²) in [6, 6.07) is 7.76. The quantitative estimate of drug-likeness (QED) is 0.625. The van der Waals surface area contributed by atoms with Gasteiger partial charge in [-0.2, -0.15) is 10.2 Å². The Labute approximate surface area is 150 Å². The number of carboxylic acid groups (broad SMARTS) is 1. The van der Waals surface area contributed by atoms with E-state index in [2.05, 4.69) is 15.3 Å². The third-order valence-corrected chi connectivity index (χ3v) is 4.59. The number of carbonyl (C=O) groups is 1. The number of hydrogen-bond acceptors (Lipinski definition) is 6. The van der Waals surface area contributed by atoms with Crippen LogP contribution >= 0.6 is 0 Å². The van der Waals surface area contributed by atoms with E-state index in [0.29, 0.717) is 17.8 Å². The number of hydrogen-bond donors (Lipinski definition) is 3. The zero-order valence-electron chi connectivity index (χ0n) is 14.2. The van der Waals surface area contributed by atoms with E-state index in [4.69, 9.17) is 5.73 Å². The molecule has 26 heavy (non-hydrogen) atoms. The molecule has 0 fully saturated rings. The Morgan fingerprint density at radius 2 is 1.96 bits per heavy atom. The number of aromatic carboxylic acids is 1. The molecule has 138 valence electrons. The van der Waals surface area contributed by atoms with Crippen molar-refractivity contribution in [3.05, 3.63) is 54.0 Å². The first-order chi connectivity index (χ1) is 12.3. The van der Waals surface area contributed by atoms with Gasteiger partial charge in [0.25, 0.3) is 0 Å². The zero-order valence-corrected chi connectivity index (χ0v) is 15.1. The van der Waals surface area contributed by atoms with Crippen LogP contribution in [0, 0.1) is 0 Å². The smallest absolute Gasteiger partial charge is 0.341 e. The highest BCUT2D eigenvalue weighted by Gasteiger charge is 2.21. The first-order valence-corrected chi connectivity index (χ1v) is 9.49. The second kappa shape index (κ2) is 7.83. The molecular weight excluding hydrogens is 358 g/mol. The average molecular weight is 377 g/mol. The number of nitrogens with two attached hydrogens (primary N) is 1. The highest BCUT2D eigenvalue weighted by Crippen LogP contribution is 2.22. The number of anilines is 1. The summed E-state index contributed by atoms with van der Waals surface area (Å²) < 4.78 is 24.1. The Bertz CT molecular complexity index is 959. The van der Waals surface area contributed by atoms with Gasteiger partial charge in [-0.05, 0) is 36.8 Å². The molecule has 3 rings (SSSR count). The second-order valence-corrected chi connectivity index (χ2v) is 7.33. The van der Waals surface area contributed by atoms with Crippen molar-refractivity contribution in [1.29, 1.82) is 0 Å². The van der Waals surface area contributed by atoms with Crippen molar-refractivity contribution in [2.24, 2.45) is 0 Å². The Morgan fingerprint density at radius 3 is 2.31 bits per heavy atom. The van der Waals surface area contributed by atoms with Gasteiger partial charge in [0.15, 0.2) is 9.84 Å². The minimum atomic E-state index is -3.29. The number of carboxylic acids is 1. The molecule has 0 aliphatic carbocycles. The van der Waals surface area contributed by atoms with Gasteiger partial charge in [0.1, 0.15) is 11.4 Å². The van der Waals surface area contributed by atoms with Gasteiger partial charge in [0.2, 0.25) is 0 Å². The van der Waals surface area contributed by atoms with Crippen LogP contribution in [0.1, 0.15) is 23.0 Å². The number of aryl methyl sites for hydroxylation is 1. The van der Waals surface area contributed by atoms with E-state index < -0.39 is 15.8 Å². The number of benzene rings is 1. The molecule has 10 heteroatoms. The molecule has 0 atom stereocenters. The van der Waals surface area contributed by atoms with Crippen molar-refractivity contribution in [3.8, 4) is 5.69 Å². The van der Waals surface area contributed by atoms with Crippen LogP contribution < -0.4 is 5.73 Å². The van der Waals surface area contributed by atoms with Gasteiger partial charge >= 0.3 is 5.97 Å². The van der Waals surface area contributed by atoms with Crippen molar-refractivity contribution in [2.75, 3.05) is 12.0 Å². The lowest BCUT2D eigenvalue weighted by atomic mass is 10.2. The molecule has 1 aromatic carbocycles. The number of rotatable bonds is 4. The minimum Gasteiger partial charge on any atom is -0.477 e. The molecule has 0 radical (unpaired) electrons. The van der Waals surface area contributed by atoms with Crippen LogP contribution in [0.15, 0.2) is 47.6 Å². The normalized spacial score (nSPS) is 10.8. The Balaban J connectivity index is 0.000000417. The van der Waals surface area contributed by atoms with Crippen LogP contribution in [0.25, 0.3) is 5.69 Å². The number of aromatic nitrogens is 4. The highest BCUT2D eigenvalue weighted by atomic mass is 32.2. The zero-order chi connectivity index (χ0) is 19.3. The van der Waals surface area contributed by atoms with Gasteiger partial charge in [-0.25, -0.2) is 17.9 Å². The SMILES string of the molecule is CCc1nn(-c2ccc(S(C)(=O)=O)cc2)c(N)c1C(=O)O.c1cn[nH]c1. The largest absolute Gasteiger partial charge is 0.477 e. The minimum absolute atomic E-state index is 0.0199. The summed E-state index contributed by atoms with van der Waals surface area (Å²) >= 11 is 0. The number of nitrogen functional groups attached to an aromatic ring is 1. The fourth-order valence-electron chi connectivity index (χ4n) is 2.21. The maximum Gasteiger partial charge on any atom is 0.341 e. The van der Waals surface area contributed by atoms with E-state index in [9.17, 15) is 18.3 Å². The fourth-order valence-corrected chi connectivity index (χ4v) is 2.84. The molecule has 3 aromatic rings. The van der Waals surface area contributed by atoms with Gasteiger partial charge in [0, 0.05) is 18.6 Å². The van der Waals surface area contributed by atoms with Gasteiger partial charge < -0.3 is 10.8 Å². The topological polar surface area (TPSA) is 144 Å². The number of aromatic amines is 1. The predicted octanol–water partition coefficient (Wildman–Crippen LogP) is 1.53. The molecule has 2 aromatic heterocycles.